The number of nitrogens with zero attached hydrogens (tertiary/aromatic N) is 1. The molecule has 0 bridgehead atoms. The molecule has 0 aromatic heterocycles. The summed E-state index contributed by atoms with van der Waals surface area (Å²) >= 11 is 6.71. The molecule has 0 radical (unpaired) electrons. The van der Waals surface area contributed by atoms with Gasteiger partial charge in [-0.05, 0) is 67.8 Å². The Kier molecular flexibility index (Phi) is 6.39. The molecule has 1 saturated heterocycles. The maximum atomic E-state index is 13.0. The zero-order valence-corrected chi connectivity index (χ0v) is 18.3. The zero-order chi connectivity index (χ0) is 21.1. The lowest BCUT2D eigenvalue weighted by Crippen LogP contribution is -2.27. The molecule has 2 aromatic rings. The van der Waals surface area contributed by atoms with Gasteiger partial charge in [-0.2, -0.15) is 0 Å². The quantitative estimate of drug-likeness (QED) is 0.289. The summed E-state index contributed by atoms with van der Waals surface area (Å²) in [5.41, 5.74) is 3.78. The second-order valence-corrected chi connectivity index (χ2v) is 8.19. The van der Waals surface area contributed by atoms with Crippen molar-refractivity contribution in [2.24, 2.45) is 0 Å². The Labute approximate surface area is 179 Å². The van der Waals surface area contributed by atoms with Crippen molar-refractivity contribution in [2.45, 2.75) is 27.7 Å². The Hall–Kier alpha value is -2.64. The van der Waals surface area contributed by atoms with Crippen LogP contribution in [0.1, 0.15) is 30.5 Å². The predicted molar refractivity (Wildman–Crippen MR) is 120 cm³/mol. The van der Waals surface area contributed by atoms with Gasteiger partial charge in [0.25, 0.3) is 5.91 Å². The minimum absolute atomic E-state index is 0.162. The van der Waals surface area contributed by atoms with Crippen LogP contribution in [0.3, 0.4) is 0 Å². The van der Waals surface area contributed by atoms with Crippen molar-refractivity contribution in [2.75, 3.05) is 11.5 Å². The summed E-state index contributed by atoms with van der Waals surface area (Å²) in [4.78, 5) is 26.3. The minimum Gasteiger partial charge on any atom is -0.490 e. The van der Waals surface area contributed by atoms with E-state index in [0.29, 0.717) is 27.3 Å². The van der Waals surface area contributed by atoms with E-state index in [0.717, 1.165) is 22.4 Å². The zero-order valence-electron chi connectivity index (χ0n) is 16.6. The maximum absolute atomic E-state index is 13.0. The van der Waals surface area contributed by atoms with Gasteiger partial charge in [0.1, 0.15) is 0 Å². The van der Waals surface area contributed by atoms with Gasteiger partial charge in [-0.3, -0.25) is 14.5 Å². The highest BCUT2D eigenvalue weighted by molar-refractivity contribution is 8.27. The molecule has 1 heterocycles. The fraction of sp³-hybridized carbons (Fsp3) is 0.227. The van der Waals surface area contributed by atoms with Gasteiger partial charge in [-0.1, -0.05) is 36.1 Å². The number of hydrogen-bond donors (Lipinski definition) is 0. The molecule has 0 spiro atoms. The first-order valence-electron chi connectivity index (χ1n) is 9.10. The third-order valence-electron chi connectivity index (χ3n) is 4.36. The second-order valence-electron chi connectivity index (χ2n) is 6.52. The number of thiocarbonyl (C=S) groups is 1. The van der Waals surface area contributed by atoms with Crippen molar-refractivity contribution in [3.05, 3.63) is 58.0 Å². The van der Waals surface area contributed by atoms with Crippen molar-refractivity contribution < 1.29 is 19.1 Å². The fourth-order valence-electron chi connectivity index (χ4n) is 2.83. The molecule has 1 aliphatic rings. The Morgan fingerprint density at radius 1 is 1.14 bits per heavy atom. The molecule has 0 unspecified atom stereocenters. The number of benzene rings is 2. The number of amides is 1. The van der Waals surface area contributed by atoms with Crippen LogP contribution < -0.4 is 14.4 Å². The van der Waals surface area contributed by atoms with Crippen LogP contribution in [-0.2, 0) is 9.59 Å². The first-order chi connectivity index (χ1) is 13.8. The molecule has 1 aliphatic heterocycles. The average Bonchev–Trinajstić information content (AvgIpc) is 2.93. The van der Waals surface area contributed by atoms with Gasteiger partial charge in [0, 0.05) is 6.92 Å². The van der Waals surface area contributed by atoms with Gasteiger partial charge in [0.05, 0.1) is 17.2 Å². The van der Waals surface area contributed by atoms with Gasteiger partial charge in [-0.25, -0.2) is 0 Å². The standard InChI is InChI=1S/C22H21NO4S2/c1-5-26-19-11-16(7-9-18(19)27-15(4)24)12-20-21(25)23(22(28)29-20)17-8-6-13(2)14(3)10-17/h6-12H,5H2,1-4H3. The molecule has 0 N–H and O–H groups in total. The van der Waals surface area contributed by atoms with Crippen LogP contribution in [0.4, 0.5) is 5.69 Å². The largest absolute Gasteiger partial charge is 0.490 e. The average molecular weight is 428 g/mol. The lowest BCUT2D eigenvalue weighted by Gasteiger charge is -2.16. The van der Waals surface area contributed by atoms with Crippen molar-refractivity contribution in [3.63, 3.8) is 0 Å². The monoisotopic (exact) mass is 427 g/mol. The molecule has 0 aliphatic carbocycles. The van der Waals surface area contributed by atoms with Crippen LogP contribution in [0.15, 0.2) is 41.3 Å². The third-order valence-corrected chi connectivity index (χ3v) is 5.66. The van der Waals surface area contributed by atoms with Gasteiger partial charge >= 0.3 is 5.97 Å². The third kappa shape index (κ3) is 4.68. The number of rotatable bonds is 5. The summed E-state index contributed by atoms with van der Waals surface area (Å²) in [6.07, 6.45) is 1.76. The molecular formula is C22H21NO4S2. The number of esters is 1. The van der Waals surface area contributed by atoms with E-state index in [2.05, 4.69) is 0 Å². The van der Waals surface area contributed by atoms with Gasteiger partial charge in [0.2, 0.25) is 0 Å². The maximum Gasteiger partial charge on any atom is 0.308 e. The van der Waals surface area contributed by atoms with Crippen molar-refractivity contribution in [3.8, 4) is 11.5 Å². The van der Waals surface area contributed by atoms with Gasteiger partial charge < -0.3 is 9.47 Å². The van der Waals surface area contributed by atoms with E-state index in [9.17, 15) is 9.59 Å². The number of anilines is 1. The van der Waals surface area contributed by atoms with Crippen LogP contribution >= 0.6 is 24.0 Å². The first-order valence-corrected chi connectivity index (χ1v) is 10.3. The molecule has 0 saturated carbocycles. The Morgan fingerprint density at radius 2 is 1.90 bits per heavy atom. The van der Waals surface area contributed by atoms with Gasteiger partial charge in [0.15, 0.2) is 15.8 Å². The molecule has 3 rings (SSSR count). The minimum atomic E-state index is -0.423. The molecule has 5 nitrogen and oxygen atoms in total. The Bertz CT molecular complexity index is 1030. The highest BCUT2D eigenvalue weighted by Crippen LogP contribution is 2.37. The van der Waals surface area contributed by atoms with Crippen molar-refractivity contribution in [1.82, 2.24) is 0 Å². The van der Waals surface area contributed by atoms with E-state index in [1.807, 2.05) is 39.0 Å². The van der Waals surface area contributed by atoms with E-state index in [1.165, 1.54) is 18.7 Å². The normalized spacial score (nSPS) is 15.2. The van der Waals surface area contributed by atoms with E-state index in [-0.39, 0.29) is 5.91 Å². The van der Waals surface area contributed by atoms with Gasteiger partial charge in [-0.15, -0.1) is 0 Å². The summed E-state index contributed by atoms with van der Waals surface area (Å²) in [6, 6.07) is 11.0. The topological polar surface area (TPSA) is 55.8 Å². The van der Waals surface area contributed by atoms with E-state index >= 15 is 0 Å². The van der Waals surface area contributed by atoms with E-state index in [4.69, 9.17) is 21.7 Å². The fourth-order valence-corrected chi connectivity index (χ4v) is 4.13. The van der Waals surface area contributed by atoms with Crippen molar-refractivity contribution >= 4 is 51.9 Å². The first kappa shape index (κ1) is 21.1. The molecule has 150 valence electrons. The molecule has 0 atom stereocenters. The summed E-state index contributed by atoms with van der Waals surface area (Å²) in [6.45, 7) is 7.64. The van der Waals surface area contributed by atoms with Crippen molar-refractivity contribution in [1.29, 1.82) is 0 Å². The molecular weight excluding hydrogens is 406 g/mol. The summed E-state index contributed by atoms with van der Waals surface area (Å²) < 4.78 is 11.2. The lowest BCUT2D eigenvalue weighted by atomic mass is 10.1. The van der Waals surface area contributed by atoms with Crippen LogP contribution in [0.2, 0.25) is 0 Å². The highest BCUT2D eigenvalue weighted by Gasteiger charge is 2.33. The second kappa shape index (κ2) is 8.80. The number of carbonyl (C=O) groups is 2. The number of carbonyl (C=O) groups excluding carboxylic acids is 2. The number of aryl methyl sites for hydroxylation is 2. The van der Waals surface area contributed by atoms with E-state index in [1.54, 1.807) is 29.2 Å². The lowest BCUT2D eigenvalue weighted by molar-refractivity contribution is -0.132. The Balaban J connectivity index is 1.91. The summed E-state index contributed by atoms with van der Waals surface area (Å²) in [5, 5.41) is 0. The molecule has 1 amide bonds. The molecule has 7 heteroatoms. The van der Waals surface area contributed by atoms with Crippen LogP contribution in [0.25, 0.3) is 6.08 Å². The Morgan fingerprint density at radius 3 is 2.55 bits per heavy atom. The smallest absolute Gasteiger partial charge is 0.308 e. The molecule has 1 fully saturated rings. The SMILES string of the molecule is CCOc1cc(C=C2SC(=S)N(c3ccc(C)c(C)c3)C2=O)ccc1OC(C)=O. The van der Waals surface area contributed by atoms with Crippen LogP contribution in [0.5, 0.6) is 11.5 Å². The predicted octanol–water partition coefficient (Wildman–Crippen LogP) is 5.03. The van der Waals surface area contributed by atoms with E-state index < -0.39 is 5.97 Å². The highest BCUT2D eigenvalue weighted by atomic mass is 32.2. The van der Waals surface area contributed by atoms with Crippen LogP contribution in [0, 0.1) is 13.8 Å². The summed E-state index contributed by atoms with van der Waals surface area (Å²) in [7, 11) is 0. The number of ether oxygens (including phenoxy) is 2. The summed E-state index contributed by atoms with van der Waals surface area (Å²) in [5.74, 6) is 0.207. The number of thioether (sulfide) groups is 1. The molecule has 29 heavy (non-hydrogen) atoms. The number of hydrogen-bond acceptors (Lipinski definition) is 6. The van der Waals surface area contributed by atoms with Crippen LogP contribution in [-0.4, -0.2) is 22.8 Å². The molecule has 2 aromatic carbocycles.